The normalized spacial score (nSPS) is 23.7. The third-order valence-electron chi connectivity index (χ3n) is 6.21. The van der Waals surface area contributed by atoms with Crippen molar-refractivity contribution in [1.82, 2.24) is 9.55 Å². The molecule has 1 N–H and O–H groups in total. The molecule has 2 unspecified atom stereocenters. The summed E-state index contributed by atoms with van der Waals surface area (Å²) in [5.74, 6) is -1.85. The number of aromatic nitrogens is 2. The Morgan fingerprint density at radius 2 is 2.06 bits per heavy atom. The molecule has 0 bridgehead atoms. The topological polar surface area (TPSA) is 108 Å². The lowest BCUT2D eigenvalue weighted by atomic mass is 9.82. The fourth-order valence-corrected chi connectivity index (χ4v) is 5.05. The highest BCUT2D eigenvalue weighted by atomic mass is 32.1. The first-order chi connectivity index (χ1) is 15.2. The molecule has 4 heterocycles. The largest absolute Gasteiger partial charge is 0.457 e. The molecule has 5 rings (SSSR count). The van der Waals surface area contributed by atoms with Crippen molar-refractivity contribution >= 4 is 35.5 Å². The second-order valence-corrected chi connectivity index (χ2v) is 8.66. The predicted octanol–water partition coefficient (Wildman–Crippen LogP) is 2.27. The van der Waals surface area contributed by atoms with Crippen molar-refractivity contribution in [3.8, 4) is 11.4 Å². The van der Waals surface area contributed by atoms with Gasteiger partial charge in [-0.05, 0) is 24.6 Å². The second kappa shape index (κ2) is 6.91. The van der Waals surface area contributed by atoms with E-state index in [0.717, 1.165) is 23.4 Å². The molecule has 0 saturated heterocycles. The van der Waals surface area contributed by atoms with Gasteiger partial charge in [0, 0.05) is 23.4 Å². The standard InChI is InChI=1S/C23H20N2O6S/c1-3-22(29)16-9-18-19-14(8-13-6-4-5-7-17(13)24-19)10-25(18)20(27)15(16)11-30-21(28)23(22,32)31-12(2)26/h4-9,29,32H,3,10-11H2,1-2H3. The van der Waals surface area contributed by atoms with Crippen LogP contribution in [0.5, 0.6) is 0 Å². The fourth-order valence-electron chi connectivity index (χ4n) is 4.57. The van der Waals surface area contributed by atoms with Gasteiger partial charge < -0.3 is 19.1 Å². The Morgan fingerprint density at radius 1 is 1.31 bits per heavy atom. The summed E-state index contributed by atoms with van der Waals surface area (Å²) in [7, 11) is 0. The highest BCUT2D eigenvalue weighted by Crippen LogP contribution is 2.47. The highest BCUT2D eigenvalue weighted by Gasteiger charge is 2.61. The Hall–Kier alpha value is -3.17. The third-order valence-corrected chi connectivity index (χ3v) is 6.85. The van der Waals surface area contributed by atoms with Crippen molar-refractivity contribution in [2.75, 3.05) is 0 Å². The van der Waals surface area contributed by atoms with Crippen LogP contribution in [0.1, 0.15) is 37.0 Å². The molecule has 0 fully saturated rings. The molecular formula is C23H20N2O6S. The summed E-state index contributed by atoms with van der Waals surface area (Å²) in [6, 6.07) is 11.3. The number of nitrogens with zero attached hydrogens (tertiary/aromatic N) is 2. The zero-order chi connectivity index (χ0) is 22.8. The number of pyridine rings is 2. The Morgan fingerprint density at radius 3 is 2.78 bits per heavy atom. The molecule has 0 spiro atoms. The van der Waals surface area contributed by atoms with Crippen LogP contribution < -0.4 is 5.56 Å². The molecule has 0 radical (unpaired) electrons. The minimum atomic E-state index is -2.32. The summed E-state index contributed by atoms with van der Waals surface area (Å²) in [4.78, 5) is 40.4. The molecule has 2 aliphatic rings. The number of benzene rings is 1. The van der Waals surface area contributed by atoms with Gasteiger partial charge in [-0.2, -0.15) is 0 Å². The van der Waals surface area contributed by atoms with Crippen molar-refractivity contribution in [2.45, 2.75) is 44.0 Å². The number of rotatable bonds is 2. The average molecular weight is 452 g/mol. The first kappa shape index (κ1) is 20.7. The number of thiol groups is 1. The van der Waals surface area contributed by atoms with E-state index in [2.05, 4.69) is 12.6 Å². The Labute approximate surface area is 188 Å². The van der Waals surface area contributed by atoms with E-state index in [4.69, 9.17) is 14.5 Å². The van der Waals surface area contributed by atoms with Crippen molar-refractivity contribution < 1.29 is 24.2 Å². The summed E-state index contributed by atoms with van der Waals surface area (Å²) in [6.45, 7) is 2.66. The number of cyclic esters (lactones) is 1. The van der Waals surface area contributed by atoms with E-state index in [-0.39, 0.29) is 24.2 Å². The van der Waals surface area contributed by atoms with Gasteiger partial charge >= 0.3 is 11.9 Å². The van der Waals surface area contributed by atoms with Crippen molar-refractivity contribution in [2.24, 2.45) is 0 Å². The molecule has 9 heteroatoms. The van der Waals surface area contributed by atoms with Gasteiger partial charge in [0.2, 0.25) is 0 Å². The van der Waals surface area contributed by atoms with E-state index in [1.165, 1.54) is 0 Å². The SMILES string of the molecule is CCC1(O)c2cc3n(c(=O)c2COC(=O)C1(S)OC(C)=O)Cc1cc2ccccc2nc1-3. The van der Waals surface area contributed by atoms with E-state index in [9.17, 15) is 19.5 Å². The summed E-state index contributed by atoms with van der Waals surface area (Å²) < 4.78 is 12.0. The van der Waals surface area contributed by atoms with Gasteiger partial charge in [0.05, 0.1) is 29.0 Å². The van der Waals surface area contributed by atoms with Gasteiger partial charge in [-0.1, -0.05) is 25.1 Å². The number of esters is 2. The smallest absolute Gasteiger partial charge is 0.365 e. The van der Waals surface area contributed by atoms with E-state index in [1.807, 2.05) is 30.3 Å². The molecular weight excluding hydrogens is 432 g/mol. The lowest BCUT2D eigenvalue weighted by Crippen LogP contribution is -2.55. The van der Waals surface area contributed by atoms with E-state index < -0.39 is 28.0 Å². The van der Waals surface area contributed by atoms with Gasteiger partial charge in [0.1, 0.15) is 6.61 Å². The molecule has 164 valence electrons. The molecule has 2 aliphatic heterocycles. The lowest BCUT2D eigenvalue weighted by Gasteiger charge is -2.39. The van der Waals surface area contributed by atoms with Crippen LogP contribution in [0.15, 0.2) is 41.2 Å². The maximum atomic E-state index is 13.5. The fraction of sp³-hybridized carbons (Fsp3) is 0.304. The van der Waals surface area contributed by atoms with E-state index in [1.54, 1.807) is 17.6 Å². The maximum absolute atomic E-state index is 13.5. The molecule has 0 aliphatic carbocycles. The van der Waals surface area contributed by atoms with Crippen molar-refractivity contribution in [1.29, 1.82) is 0 Å². The molecule has 2 atom stereocenters. The van der Waals surface area contributed by atoms with Crippen LogP contribution in [0.3, 0.4) is 0 Å². The Bertz CT molecular complexity index is 1380. The van der Waals surface area contributed by atoms with Gasteiger partial charge in [0.15, 0.2) is 5.60 Å². The molecule has 3 aromatic rings. The predicted molar refractivity (Wildman–Crippen MR) is 118 cm³/mol. The van der Waals surface area contributed by atoms with E-state index >= 15 is 0 Å². The van der Waals surface area contributed by atoms with Crippen LogP contribution in [0.25, 0.3) is 22.3 Å². The summed E-state index contributed by atoms with van der Waals surface area (Å²) in [6.07, 6.45) is -0.0627. The van der Waals surface area contributed by atoms with Gasteiger partial charge in [-0.3, -0.25) is 9.59 Å². The molecule has 0 saturated carbocycles. The van der Waals surface area contributed by atoms with Crippen molar-refractivity contribution in [3.63, 3.8) is 0 Å². The zero-order valence-electron chi connectivity index (χ0n) is 17.4. The van der Waals surface area contributed by atoms with Gasteiger partial charge in [-0.15, -0.1) is 12.6 Å². The molecule has 8 nitrogen and oxygen atoms in total. The Balaban J connectivity index is 1.79. The van der Waals surface area contributed by atoms with Crippen LogP contribution in [0.2, 0.25) is 0 Å². The van der Waals surface area contributed by atoms with Crippen LogP contribution in [0.4, 0.5) is 0 Å². The number of aliphatic hydroxyl groups is 1. The third kappa shape index (κ3) is 2.67. The summed E-state index contributed by atoms with van der Waals surface area (Å²) in [5.41, 5.74) is 0.529. The summed E-state index contributed by atoms with van der Waals surface area (Å²) >= 11 is 4.29. The molecule has 0 amide bonds. The van der Waals surface area contributed by atoms with Crippen molar-refractivity contribution in [3.05, 3.63) is 63.4 Å². The van der Waals surface area contributed by atoms with E-state index in [0.29, 0.717) is 17.9 Å². The van der Waals surface area contributed by atoms with Gasteiger partial charge in [0.25, 0.3) is 10.5 Å². The number of carbonyl (C=O) groups excluding carboxylic acids is 2. The first-order valence-corrected chi connectivity index (χ1v) is 10.6. The number of hydrogen-bond donors (Lipinski definition) is 2. The highest BCUT2D eigenvalue weighted by molar-refractivity contribution is 7.82. The number of carbonyl (C=O) groups is 2. The average Bonchev–Trinajstić information content (AvgIpc) is 3.09. The number of hydrogen-bond acceptors (Lipinski definition) is 8. The van der Waals surface area contributed by atoms with Crippen LogP contribution in [-0.2, 0) is 37.8 Å². The number of para-hydroxylation sites is 1. The quantitative estimate of drug-likeness (QED) is 0.273. The monoisotopic (exact) mass is 452 g/mol. The number of ether oxygens (including phenoxy) is 2. The first-order valence-electron chi connectivity index (χ1n) is 10.2. The molecule has 2 aromatic heterocycles. The second-order valence-electron chi connectivity index (χ2n) is 8.03. The Kier molecular flexibility index (Phi) is 4.48. The number of fused-ring (bicyclic) bond motifs is 5. The molecule has 32 heavy (non-hydrogen) atoms. The van der Waals surface area contributed by atoms with Crippen LogP contribution >= 0.6 is 12.6 Å². The lowest BCUT2D eigenvalue weighted by molar-refractivity contribution is -0.193. The maximum Gasteiger partial charge on any atom is 0.365 e. The van der Waals surface area contributed by atoms with Crippen LogP contribution in [-0.4, -0.2) is 31.5 Å². The summed E-state index contributed by atoms with van der Waals surface area (Å²) in [5, 5.41) is 12.7. The van der Waals surface area contributed by atoms with Gasteiger partial charge in [-0.25, -0.2) is 9.78 Å². The van der Waals surface area contributed by atoms with Crippen LogP contribution in [0, 0.1) is 0 Å². The molecule has 1 aromatic carbocycles. The zero-order valence-corrected chi connectivity index (χ0v) is 18.3. The minimum absolute atomic E-state index is 0.0627. The minimum Gasteiger partial charge on any atom is -0.457 e.